The highest BCUT2D eigenvalue weighted by Gasteiger charge is 2.48. The molecule has 304 valence electrons. The zero-order valence-electron chi connectivity index (χ0n) is 32.6. The van der Waals surface area contributed by atoms with E-state index in [1.807, 2.05) is 20.8 Å². The number of aromatic nitrogens is 4. The number of hydrogen-bond donors (Lipinski definition) is 1. The van der Waals surface area contributed by atoms with Crippen molar-refractivity contribution in [1.82, 2.24) is 29.1 Å². The second-order valence-electron chi connectivity index (χ2n) is 16.6. The molecule has 3 aromatic rings. The van der Waals surface area contributed by atoms with Gasteiger partial charge in [-0.05, 0) is 58.2 Å². The highest BCUT2D eigenvalue weighted by Crippen LogP contribution is 2.37. The number of halogens is 5. The number of aryl methyl sites for hydroxylation is 1. The Balaban J connectivity index is 1.34. The molecule has 0 bridgehead atoms. The van der Waals surface area contributed by atoms with Crippen LogP contribution in [0.3, 0.4) is 0 Å². The maximum absolute atomic E-state index is 15.9. The van der Waals surface area contributed by atoms with E-state index in [9.17, 15) is 27.6 Å². The van der Waals surface area contributed by atoms with Crippen LogP contribution in [0.4, 0.5) is 42.9 Å². The lowest BCUT2D eigenvalue weighted by atomic mass is 9.92. The minimum Gasteiger partial charge on any atom is -0.444 e. The number of likely N-dealkylation sites (tertiary alicyclic amines) is 1. The third-order valence-corrected chi connectivity index (χ3v) is 11.5. The smallest absolute Gasteiger partial charge is 0.417 e. The molecule has 0 radical (unpaired) electrons. The topological polar surface area (TPSA) is 127 Å². The molecule has 0 aliphatic carbocycles. The van der Waals surface area contributed by atoms with Crippen LogP contribution in [0.25, 0.3) is 11.0 Å². The summed E-state index contributed by atoms with van der Waals surface area (Å²) in [6.07, 6.45) is -2.05. The summed E-state index contributed by atoms with van der Waals surface area (Å²) >= 11 is 0. The van der Waals surface area contributed by atoms with E-state index in [4.69, 9.17) is 14.6 Å². The van der Waals surface area contributed by atoms with Crippen LogP contribution in [-0.2, 0) is 29.4 Å². The van der Waals surface area contributed by atoms with E-state index in [1.165, 1.54) is 11.1 Å². The normalized spacial score (nSPS) is 18.5. The van der Waals surface area contributed by atoms with Crippen molar-refractivity contribution in [3.8, 4) is 0 Å². The number of piperidine rings is 2. The lowest BCUT2D eigenvalue weighted by Gasteiger charge is -2.42. The van der Waals surface area contributed by atoms with Gasteiger partial charge < -0.3 is 34.1 Å². The number of fused-ring (bicyclic) bond motifs is 1. The monoisotopic (exact) mass is 798 g/mol. The molecule has 3 amide bonds. The molecule has 1 atom stereocenters. The molecule has 0 spiro atoms. The van der Waals surface area contributed by atoms with Crippen LogP contribution < -0.4 is 15.8 Å². The second kappa shape index (κ2) is 15.7. The molecule has 13 nitrogen and oxygen atoms in total. The first-order valence-electron chi connectivity index (χ1n) is 18.3. The summed E-state index contributed by atoms with van der Waals surface area (Å²) < 4.78 is 85.8. The van der Waals surface area contributed by atoms with Gasteiger partial charge in [-0.3, -0.25) is 4.79 Å². The third-order valence-electron chi connectivity index (χ3n) is 9.81. The molecule has 2 aliphatic heterocycles. The molecule has 2 saturated heterocycles. The van der Waals surface area contributed by atoms with E-state index in [-0.39, 0.29) is 31.7 Å². The van der Waals surface area contributed by atoms with Crippen molar-refractivity contribution in [2.24, 2.45) is 7.05 Å². The van der Waals surface area contributed by atoms with Crippen LogP contribution in [0.2, 0.25) is 25.7 Å². The lowest BCUT2D eigenvalue weighted by Crippen LogP contribution is -2.59. The summed E-state index contributed by atoms with van der Waals surface area (Å²) in [7, 11) is 0.873. The Morgan fingerprint density at radius 1 is 1.07 bits per heavy atom. The van der Waals surface area contributed by atoms with E-state index in [0.717, 1.165) is 30.7 Å². The Morgan fingerprint density at radius 2 is 1.75 bits per heavy atom. The molecule has 0 saturated carbocycles. The fourth-order valence-electron chi connectivity index (χ4n) is 6.75. The maximum Gasteiger partial charge on any atom is 0.417 e. The molecular weight excluding hydrogens is 748 g/mol. The number of carbonyl (C=O) groups is 2. The molecule has 1 unspecified atom stereocenters. The summed E-state index contributed by atoms with van der Waals surface area (Å²) in [4.78, 5) is 46.8. The fraction of sp³-hybridized carbons (Fsp3) is 0.639. The predicted octanol–water partition coefficient (Wildman–Crippen LogP) is 6.95. The van der Waals surface area contributed by atoms with E-state index < -0.39 is 61.2 Å². The van der Waals surface area contributed by atoms with Crippen molar-refractivity contribution < 1.29 is 41.0 Å². The lowest BCUT2D eigenvalue weighted by molar-refractivity contribution is -0.138. The van der Waals surface area contributed by atoms with Crippen molar-refractivity contribution in [3.63, 3.8) is 0 Å². The molecule has 1 N–H and O–H groups in total. The number of nitrogens with zero attached hydrogens (tertiary/aromatic N) is 7. The van der Waals surface area contributed by atoms with E-state index in [2.05, 4.69) is 29.9 Å². The molecule has 5 heterocycles. The van der Waals surface area contributed by atoms with Gasteiger partial charge in [-0.2, -0.15) is 18.3 Å². The highest BCUT2D eigenvalue weighted by atomic mass is 28.3. The van der Waals surface area contributed by atoms with Crippen LogP contribution >= 0.6 is 0 Å². The first kappa shape index (κ1) is 41.9. The largest absolute Gasteiger partial charge is 0.444 e. The second-order valence-corrected chi connectivity index (χ2v) is 22.2. The molecule has 2 aliphatic rings. The Morgan fingerprint density at radius 3 is 2.35 bits per heavy atom. The molecule has 3 aromatic heterocycles. The number of carbonyl (C=O) groups excluding carboxylic acids is 2. The van der Waals surface area contributed by atoms with Crippen molar-refractivity contribution in [2.75, 3.05) is 50.1 Å². The van der Waals surface area contributed by atoms with Crippen LogP contribution in [-0.4, -0.2) is 107 Å². The van der Waals surface area contributed by atoms with Crippen molar-refractivity contribution in [3.05, 3.63) is 46.1 Å². The van der Waals surface area contributed by atoms with Crippen LogP contribution in [0, 0.1) is 0 Å². The van der Waals surface area contributed by atoms with Gasteiger partial charge in [0.25, 0.3) is 11.5 Å². The Kier molecular flexibility index (Phi) is 12.0. The number of ether oxygens (including phenoxy) is 2. The number of urea groups is 1. The highest BCUT2D eigenvalue weighted by molar-refractivity contribution is 6.76. The first-order chi connectivity index (χ1) is 25.4. The van der Waals surface area contributed by atoms with Gasteiger partial charge in [0.2, 0.25) is 0 Å². The van der Waals surface area contributed by atoms with Gasteiger partial charge in [-0.25, -0.2) is 28.0 Å². The summed E-state index contributed by atoms with van der Waals surface area (Å²) in [5.74, 6) is -3.50. The molecule has 2 fully saturated rings. The zero-order chi connectivity index (χ0) is 40.7. The number of amides is 3. The molecule has 19 heteroatoms. The number of nitrogens with one attached hydrogen (secondary N) is 1. The summed E-state index contributed by atoms with van der Waals surface area (Å²) in [5, 5.41) is 7.69. The van der Waals surface area contributed by atoms with Gasteiger partial charge in [0, 0.05) is 65.9 Å². The van der Waals surface area contributed by atoms with Crippen LogP contribution in [0.15, 0.2) is 29.3 Å². The van der Waals surface area contributed by atoms with Gasteiger partial charge >= 0.3 is 18.3 Å². The van der Waals surface area contributed by atoms with Gasteiger partial charge in [0.05, 0.1) is 29.7 Å². The standard InChI is InChI=1S/C36H51F5N8O5Si/c1-34(2,3)54-33(52)47-12-9-23(10-13-47)29-26-18-25(19-42-30(26)49(44-29)22-53-15-16-55(6,7)8)48-14-11-28(35(37,38)21-48)46(5)32(51)43-27-17-24(36(39,40)41)20-45(4)31(27)50/h17-20,23,28H,9-16,21-22H2,1-8H3,(H,43,51). The maximum atomic E-state index is 15.9. The van der Waals surface area contributed by atoms with Crippen LogP contribution in [0.5, 0.6) is 0 Å². The van der Waals surface area contributed by atoms with E-state index in [1.54, 1.807) is 15.6 Å². The summed E-state index contributed by atoms with van der Waals surface area (Å²) in [6, 6.07) is 0.485. The van der Waals surface area contributed by atoms with Gasteiger partial charge in [-0.1, -0.05) is 19.6 Å². The van der Waals surface area contributed by atoms with Crippen LogP contribution in [0.1, 0.15) is 57.2 Å². The average Bonchev–Trinajstić information content (AvgIpc) is 3.44. The Labute approximate surface area is 317 Å². The minimum atomic E-state index is -4.80. The Hall–Kier alpha value is -4.26. The third kappa shape index (κ3) is 10.1. The SMILES string of the molecule is CN(C(=O)Nc1cc(C(F)(F)F)cn(C)c1=O)C1CCN(c2cnc3c(c2)c(C2CCN(C(=O)OC(C)(C)C)CC2)nn3COCC[Si](C)(C)C)CC1(F)F. The molecular formula is C36H51F5N8O5Si. The molecule has 0 aromatic carbocycles. The molecule has 5 rings (SSSR count). The van der Waals surface area contributed by atoms with Gasteiger partial charge in [0.1, 0.15) is 24.1 Å². The average molecular weight is 799 g/mol. The quantitative estimate of drug-likeness (QED) is 0.140. The molecule has 55 heavy (non-hydrogen) atoms. The van der Waals surface area contributed by atoms with Crippen molar-refractivity contribution >= 4 is 42.6 Å². The fourth-order valence-corrected chi connectivity index (χ4v) is 7.51. The minimum absolute atomic E-state index is 0.0468. The van der Waals surface area contributed by atoms with Gasteiger partial charge in [0.15, 0.2) is 5.65 Å². The van der Waals surface area contributed by atoms with E-state index in [0.29, 0.717) is 66.1 Å². The predicted molar refractivity (Wildman–Crippen MR) is 200 cm³/mol. The van der Waals surface area contributed by atoms with Crippen molar-refractivity contribution in [1.29, 1.82) is 0 Å². The zero-order valence-corrected chi connectivity index (χ0v) is 33.6. The number of anilines is 2. The number of alkyl halides is 5. The summed E-state index contributed by atoms with van der Waals surface area (Å²) in [6.45, 7) is 13.2. The van der Waals surface area contributed by atoms with Gasteiger partial charge in [-0.15, -0.1) is 0 Å². The number of rotatable bonds is 9. The number of pyridine rings is 2. The number of hydrogen-bond acceptors (Lipinski definition) is 8. The first-order valence-corrected chi connectivity index (χ1v) is 22.0. The van der Waals surface area contributed by atoms with Crippen molar-refractivity contribution in [2.45, 2.75) is 102 Å². The van der Waals surface area contributed by atoms with E-state index >= 15 is 8.78 Å². The summed E-state index contributed by atoms with van der Waals surface area (Å²) in [5.41, 5.74) is -1.69. The Bertz CT molecular complexity index is 1930.